The minimum absolute atomic E-state index is 0.0609. The van der Waals surface area contributed by atoms with E-state index in [0.29, 0.717) is 12.4 Å². The molecule has 0 saturated carbocycles. The quantitative estimate of drug-likeness (QED) is 0.881. The molecule has 3 rings (SSSR count). The van der Waals surface area contributed by atoms with Crippen molar-refractivity contribution in [3.05, 3.63) is 36.9 Å². The molecule has 0 saturated heterocycles. The predicted octanol–water partition coefficient (Wildman–Crippen LogP) is 2.91. The van der Waals surface area contributed by atoms with Crippen molar-refractivity contribution in [3.8, 4) is 0 Å². The number of fused-ring (bicyclic) bond motifs is 1. The summed E-state index contributed by atoms with van der Waals surface area (Å²) in [6, 6.07) is 3.99. The standard InChI is InChI=1S/C13H13NO3S3/c1-2-17-12(15)7-6-19-11-10(20-13(16)14-11)9(7)8-4-3-5-18-8/h3-5,7,9H,2,6H2,1H3,(H,14,16)/t7-,9+/m0/s1. The molecule has 2 atom stereocenters. The lowest BCUT2D eigenvalue weighted by Gasteiger charge is -2.28. The zero-order valence-electron chi connectivity index (χ0n) is 10.8. The highest BCUT2D eigenvalue weighted by Crippen LogP contribution is 2.46. The van der Waals surface area contributed by atoms with Crippen molar-refractivity contribution in [3.63, 3.8) is 0 Å². The van der Waals surface area contributed by atoms with Crippen molar-refractivity contribution in [2.24, 2.45) is 5.92 Å². The topological polar surface area (TPSA) is 59.2 Å². The molecule has 4 nitrogen and oxygen atoms in total. The number of carbonyl (C=O) groups is 1. The van der Waals surface area contributed by atoms with Crippen LogP contribution >= 0.6 is 34.4 Å². The van der Waals surface area contributed by atoms with Crippen molar-refractivity contribution in [1.29, 1.82) is 0 Å². The lowest BCUT2D eigenvalue weighted by Crippen LogP contribution is -2.29. The predicted molar refractivity (Wildman–Crippen MR) is 81.9 cm³/mol. The van der Waals surface area contributed by atoms with Crippen LogP contribution in [-0.2, 0) is 9.53 Å². The molecule has 7 heteroatoms. The Morgan fingerprint density at radius 2 is 2.40 bits per heavy atom. The van der Waals surface area contributed by atoms with Crippen LogP contribution in [0.4, 0.5) is 0 Å². The number of hydrogen-bond donors (Lipinski definition) is 1. The average Bonchev–Trinajstić information content (AvgIpc) is 3.05. The highest BCUT2D eigenvalue weighted by atomic mass is 32.2. The first-order valence-electron chi connectivity index (χ1n) is 6.26. The van der Waals surface area contributed by atoms with Crippen LogP contribution < -0.4 is 4.87 Å². The number of thiophene rings is 1. The van der Waals surface area contributed by atoms with Crippen LogP contribution in [-0.4, -0.2) is 23.3 Å². The second-order valence-corrected chi connectivity index (χ2v) is 7.39. The summed E-state index contributed by atoms with van der Waals surface area (Å²) >= 11 is 4.35. The minimum Gasteiger partial charge on any atom is -0.466 e. The SMILES string of the molecule is CCOC(=O)[C@H]1CSc2[nH]c(=O)sc2[C@H]1c1cccs1. The highest BCUT2D eigenvalue weighted by Gasteiger charge is 2.39. The van der Waals surface area contributed by atoms with E-state index < -0.39 is 0 Å². The van der Waals surface area contributed by atoms with Gasteiger partial charge in [0.2, 0.25) is 0 Å². The number of rotatable bonds is 3. The molecule has 0 fully saturated rings. The van der Waals surface area contributed by atoms with Gasteiger partial charge in [-0.3, -0.25) is 9.59 Å². The van der Waals surface area contributed by atoms with E-state index in [-0.39, 0.29) is 22.7 Å². The van der Waals surface area contributed by atoms with Gasteiger partial charge in [-0.15, -0.1) is 23.1 Å². The maximum absolute atomic E-state index is 12.2. The van der Waals surface area contributed by atoms with Crippen molar-refractivity contribution >= 4 is 40.4 Å². The van der Waals surface area contributed by atoms with Gasteiger partial charge in [0.05, 0.1) is 17.6 Å². The second-order valence-electron chi connectivity index (χ2n) is 4.37. The molecule has 0 amide bonds. The van der Waals surface area contributed by atoms with Crippen LogP contribution in [0.5, 0.6) is 0 Å². The van der Waals surface area contributed by atoms with E-state index in [1.165, 1.54) is 23.1 Å². The number of thioether (sulfide) groups is 1. The smallest absolute Gasteiger partial charge is 0.310 e. The Morgan fingerprint density at radius 1 is 1.55 bits per heavy atom. The van der Waals surface area contributed by atoms with Gasteiger partial charge in [-0.1, -0.05) is 17.4 Å². The summed E-state index contributed by atoms with van der Waals surface area (Å²) in [5.74, 6) is 0.179. The summed E-state index contributed by atoms with van der Waals surface area (Å²) in [6.07, 6.45) is 0. The van der Waals surface area contributed by atoms with Crippen LogP contribution in [0.15, 0.2) is 27.3 Å². The Kier molecular flexibility index (Phi) is 4.00. The monoisotopic (exact) mass is 327 g/mol. The maximum atomic E-state index is 12.2. The number of H-pyrrole nitrogens is 1. The van der Waals surface area contributed by atoms with E-state index in [4.69, 9.17) is 4.74 Å². The first-order chi connectivity index (χ1) is 9.70. The first-order valence-corrected chi connectivity index (χ1v) is 8.94. The van der Waals surface area contributed by atoms with Crippen LogP contribution in [0.1, 0.15) is 22.6 Å². The summed E-state index contributed by atoms with van der Waals surface area (Å²) in [6.45, 7) is 2.20. The second kappa shape index (κ2) is 5.75. The number of nitrogens with one attached hydrogen (secondary N) is 1. The van der Waals surface area contributed by atoms with Crippen molar-refractivity contribution in [2.75, 3.05) is 12.4 Å². The number of thiazole rings is 1. The fraction of sp³-hybridized carbons (Fsp3) is 0.385. The molecular weight excluding hydrogens is 314 g/mol. The first kappa shape index (κ1) is 13.9. The van der Waals surface area contributed by atoms with Gasteiger partial charge in [0, 0.05) is 21.4 Å². The normalized spacial score (nSPS) is 21.4. The highest BCUT2D eigenvalue weighted by molar-refractivity contribution is 7.99. The van der Waals surface area contributed by atoms with Crippen molar-refractivity contribution in [2.45, 2.75) is 17.9 Å². The van der Waals surface area contributed by atoms with Gasteiger partial charge in [-0.05, 0) is 18.4 Å². The Labute approximate surface area is 128 Å². The summed E-state index contributed by atoms with van der Waals surface area (Å²) < 4.78 is 5.20. The molecule has 2 aromatic heterocycles. The number of aromatic amines is 1. The zero-order valence-corrected chi connectivity index (χ0v) is 13.2. The summed E-state index contributed by atoms with van der Waals surface area (Å²) in [4.78, 5) is 28.7. The fourth-order valence-corrected chi connectivity index (χ4v) is 5.70. The van der Waals surface area contributed by atoms with Gasteiger partial charge in [-0.2, -0.15) is 0 Å². The van der Waals surface area contributed by atoms with E-state index >= 15 is 0 Å². The molecule has 0 spiro atoms. The summed E-state index contributed by atoms with van der Waals surface area (Å²) in [5.41, 5.74) is 0. The molecule has 0 radical (unpaired) electrons. The molecule has 1 aliphatic heterocycles. The van der Waals surface area contributed by atoms with Crippen LogP contribution in [0.25, 0.3) is 0 Å². The lowest BCUT2D eigenvalue weighted by atomic mass is 9.91. The molecule has 3 heterocycles. The molecule has 0 aliphatic carbocycles. The van der Waals surface area contributed by atoms with E-state index in [1.54, 1.807) is 11.3 Å². The molecule has 20 heavy (non-hydrogen) atoms. The maximum Gasteiger partial charge on any atom is 0.310 e. The molecule has 0 bridgehead atoms. The van der Waals surface area contributed by atoms with Gasteiger partial charge in [-0.25, -0.2) is 0 Å². The summed E-state index contributed by atoms with van der Waals surface area (Å²) in [7, 11) is 0. The lowest BCUT2D eigenvalue weighted by molar-refractivity contribution is -0.147. The Morgan fingerprint density at radius 3 is 3.10 bits per heavy atom. The molecule has 106 valence electrons. The molecule has 0 aromatic carbocycles. The van der Waals surface area contributed by atoms with Crippen LogP contribution in [0, 0.1) is 5.92 Å². The van der Waals surface area contributed by atoms with E-state index in [1.807, 2.05) is 24.4 Å². The Balaban J connectivity index is 2.04. The summed E-state index contributed by atoms with van der Waals surface area (Å²) in [5, 5.41) is 2.90. The van der Waals surface area contributed by atoms with Gasteiger partial charge in [0.25, 0.3) is 0 Å². The van der Waals surface area contributed by atoms with Gasteiger partial charge < -0.3 is 9.72 Å². The van der Waals surface area contributed by atoms with Crippen LogP contribution in [0.3, 0.4) is 0 Å². The molecule has 1 N–H and O–H groups in total. The van der Waals surface area contributed by atoms with Gasteiger partial charge >= 0.3 is 10.8 Å². The van der Waals surface area contributed by atoms with Crippen molar-refractivity contribution < 1.29 is 9.53 Å². The van der Waals surface area contributed by atoms with E-state index in [0.717, 1.165) is 14.8 Å². The number of hydrogen-bond acceptors (Lipinski definition) is 6. The zero-order chi connectivity index (χ0) is 14.1. The number of aromatic nitrogens is 1. The van der Waals surface area contributed by atoms with E-state index in [2.05, 4.69) is 4.98 Å². The van der Waals surface area contributed by atoms with Crippen molar-refractivity contribution in [1.82, 2.24) is 4.98 Å². The van der Waals surface area contributed by atoms with E-state index in [9.17, 15) is 9.59 Å². The molecule has 0 unspecified atom stereocenters. The minimum atomic E-state index is -0.224. The third-order valence-corrected chi connectivity index (χ3v) is 6.36. The number of ether oxygens (including phenoxy) is 1. The molecule has 1 aliphatic rings. The third kappa shape index (κ3) is 2.45. The third-order valence-electron chi connectivity index (χ3n) is 3.17. The Hall–Kier alpha value is -1.05. The largest absolute Gasteiger partial charge is 0.466 e. The molecular formula is C13H13NO3S3. The Bertz CT molecular complexity index is 659. The number of carbonyl (C=O) groups excluding carboxylic acids is 1. The van der Waals surface area contributed by atoms with Gasteiger partial charge in [0.15, 0.2) is 0 Å². The number of esters is 1. The van der Waals surface area contributed by atoms with Crippen LogP contribution in [0.2, 0.25) is 0 Å². The average molecular weight is 327 g/mol. The van der Waals surface area contributed by atoms with Gasteiger partial charge in [0.1, 0.15) is 0 Å². The molecule has 2 aromatic rings. The fourth-order valence-electron chi connectivity index (χ4n) is 2.34.